The summed E-state index contributed by atoms with van der Waals surface area (Å²) in [6, 6.07) is 6.51. The summed E-state index contributed by atoms with van der Waals surface area (Å²) in [5, 5.41) is 6.55. The minimum Gasteiger partial charge on any atom is -0.373 e. The van der Waals surface area contributed by atoms with E-state index in [1.807, 2.05) is 24.5 Å². The average Bonchev–Trinajstić information content (AvgIpc) is 2.85. The van der Waals surface area contributed by atoms with Crippen molar-refractivity contribution in [2.75, 3.05) is 17.7 Å². The third kappa shape index (κ3) is 3.48. The molecule has 0 saturated carbocycles. The van der Waals surface area contributed by atoms with Gasteiger partial charge in [-0.2, -0.15) is 0 Å². The van der Waals surface area contributed by atoms with E-state index in [0.29, 0.717) is 5.92 Å². The summed E-state index contributed by atoms with van der Waals surface area (Å²) >= 11 is 1.81. The van der Waals surface area contributed by atoms with Gasteiger partial charge in [0, 0.05) is 28.8 Å². The third-order valence-corrected chi connectivity index (χ3v) is 4.25. The molecule has 2 heterocycles. The van der Waals surface area contributed by atoms with Crippen molar-refractivity contribution in [3.63, 3.8) is 0 Å². The Labute approximate surface area is 124 Å². The molecule has 2 N–H and O–H groups in total. The summed E-state index contributed by atoms with van der Waals surface area (Å²) in [5.74, 6) is 2.88. The molecule has 0 bridgehead atoms. The van der Waals surface area contributed by atoms with Crippen LogP contribution in [0.4, 0.5) is 11.6 Å². The van der Waals surface area contributed by atoms with Gasteiger partial charge in [0.25, 0.3) is 0 Å². The molecule has 0 aromatic carbocycles. The van der Waals surface area contributed by atoms with Gasteiger partial charge in [-0.25, -0.2) is 9.97 Å². The average molecular weight is 290 g/mol. The van der Waals surface area contributed by atoms with Crippen LogP contribution in [0, 0.1) is 6.92 Å². The van der Waals surface area contributed by atoms with Crippen molar-refractivity contribution in [1.82, 2.24) is 9.97 Å². The van der Waals surface area contributed by atoms with E-state index in [4.69, 9.17) is 0 Å². The molecule has 0 saturated heterocycles. The van der Waals surface area contributed by atoms with Crippen molar-refractivity contribution in [3.05, 3.63) is 33.8 Å². The second-order valence-electron chi connectivity index (χ2n) is 5.22. The molecule has 2 aromatic rings. The Morgan fingerprint density at radius 2 is 1.80 bits per heavy atom. The summed E-state index contributed by atoms with van der Waals surface area (Å²) in [6.07, 6.45) is 0. The minimum absolute atomic E-state index is 0.244. The van der Waals surface area contributed by atoms with Crippen LogP contribution in [0.5, 0.6) is 0 Å². The number of thiophene rings is 1. The van der Waals surface area contributed by atoms with Gasteiger partial charge in [-0.1, -0.05) is 13.8 Å². The normalized spacial score (nSPS) is 12.5. The van der Waals surface area contributed by atoms with Crippen molar-refractivity contribution < 1.29 is 0 Å². The third-order valence-electron chi connectivity index (χ3n) is 3.07. The van der Waals surface area contributed by atoms with Gasteiger partial charge in [-0.05, 0) is 26.0 Å². The van der Waals surface area contributed by atoms with Gasteiger partial charge in [0.05, 0.1) is 6.04 Å². The van der Waals surface area contributed by atoms with Crippen LogP contribution in [0.3, 0.4) is 0 Å². The standard InChI is InChI=1S/C15H22N4S/c1-9(2)15-18-13(16-5)8-14(19-15)17-11(4)12-7-6-10(3)20-12/h6-9,11H,1-5H3,(H2,16,17,18,19). The Kier molecular flexibility index (Phi) is 4.60. The van der Waals surface area contributed by atoms with Crippen molar-refractivity contribution in [3.8, 4) is 0 Å². The highest BCUT2D eigenvalue weighted by atomic mass is 32.1. The van der Waals surface area contributed by atoms with E-state index in [0.717, 1.165) is 17.5 Å². The lowest BCUT2D eigenvalue weighted by Crippen LogP contribution is -2.10. The van der Waals surface area contributed by atoms with E-state index >= 15 is 0 Å². The lowest BCUT2D eigenvalue weighted by atomic mass is 10.2. The van der Waals surface area contributed by atoms with E-state index in [1.165, 1.54) is 9.75 Å². The fourth-order valence-corrected chi connectivity index (χ4v) is 2.78. The molecule has 1 atom stereocenters. The maximum absolute atomic E-state index is 4.60. The number of hydrogen-bond donors (Lipinski definition) is 2. The van der Waals surface area contributed by atoms with Crippen LogP contribution in [0.2, 0.25) is 0 Å². The molecule has 0 aliphatic heterocycles. The van der Waals surface area contributed by atoms with Gasteiger partial charge in [0.1, 0.15) is 17.5 Å². The molecule has 0 radical (unpaired) electrons. The molecule has 108 valence electrons. The van der Waals surface area contributed by atoms with Gasteiger partial charge < -0.3 is 10.6 Å². The molecule has 0 amide bonds. The van der Waals surface area contributed by atoms with Gasteiger partial charge in [0.2, 0.25) is 0 Å². The molecule has 2 aromatic heterocycles. The lowest BCUT2D eigenvalue weighted by molar-refractivity contribution is 0.771. The zero-order chi connectivity index (χ0) is 14.7. The second-order valence-corrected chi connectivity index (χ2v) is 6.54. The van der Waals surface area contributed by atoms with Crippen molar-refractivity contribution >= 4 is 23.0 Å². The Balaban J connectivity index is 2.21. The monoisotopic (exact) mass is 290 g/mol. The molecule has 0 spiro atoms. The molecule has 0 aliphatic rings. The summed E-state index contributed by atoms with van der Waals surface area (Å²) < 4.78 is 0. The number of aryl methyl sites for hydroxylation is 1. The predicted octanol–water partition coefficient (Wildman–Crippen LogP) is 4.18. The SMILES string of the molecule is CNc1cc(NC(C)c2ccc(C)s2)nc(C(C)C)n1. The fraction of sp³-hybridized carbons (Fsp3) is 0.467. The van der Waals surface area contributed by atoms with Gasteiger partial charge in [0.15, 0.2) is 0 Å². The zero-order valence-corrected chi connectivity index (χ0v) is 13.5. The number of aromatic nitrogens is 2. The maximum atomic E-state index is 4.60. The highest BCUT2D eigenvalue weighted by Crippen LogP contribution is 2.26. The molecule has 4 nitrogen and oxygen atoms in total. The smallest absolute Gasteiger partial charge is 0.135 e. The number of anilines is 2. The van der Waals surface area contributed by atoms with Crippen molar-refractivity contribution in [2.24, 2.45) is 0 Å². The van der Waals surface area contributed by atoms with Gasteiger partial charge >= 0.3 is 0 Å². The molecular weight excluding hydrogens is 268 g/mol. The minimum atomic E-state index is 0.244. The maximum Gasteiger partial charge on any atom is 0.135 e. The van der Waals surface area contributed by atoms with Crippen LogP contribution in [0.1, 0.15) is 48.3 Å². The van der Waals surface area contributed by atoms with Crippen LogP contribution in [-0.4, -0.2) is 17.0 Å². The number of hydrogen-bond acceptors (Lipinski definition) is 5. The van der Waals surface area contributed by atoms with E-state index in [1.54, 1.807) is 0 Å². The van der Waals surface area contributed by atoms with Crippen LogP contribution in [0.15, 0.2) is 18.2 Å². The highest BCUT2D eigenvalue weighted by molar-refractivity contribution is 7.12. The Morgan fingerprint density at radius 1 is 1.10 bits per heavy atom. The summed E-state index contributed by atoms with van der Waals surface area (Å²) in [4.78, 5) is 11.7. The largest absolute Gasteiger partial charge is 0.373 e. The molecule has 0 fully saturated rings. The Bertz CT molecular complexity index is 577. The van der Waals surface area contributed by atoms with Crippen molar-refractivity contribution in [1.29, 1.82) is 0 Å². The van der Waals surface area contributed by atoms with Crippen LogP contribution >= 0.6 is 11.3 Å². The first kappa shape index (κ1) is 14.8. The van der Waals surface area contributed by atoms with Gasteiger partial charge in [-0.3, -0.25) is 0 Å². The Hall–Kier alpha value is -1.62. The summed E-state index contributed by atoms with van der Waals surface area (Å²) in [5.41, 5.74) is 0. The number of rotatable bonds is 5. The molecule has 2 rings (SSSR count). The second kappa shape index (κ2) is 6.22. The van der Waals surface area contributed by atoms with E-state index in [-0.39, 0.29) is 6.04 Å². The number of nitrogens with zero attached hydrogens (tertiary/aromatic N) is 2. The predicted molar refractivity (Wildman–Crippen MR) is 86.8 cm³/mol. The van der Waals surface area contributed by atoms with Crippen LogP contribution < -0.4 is 10.6 Å². The highest BCUT2D eigenvalue weighted by Gasteiger charge is 2.11. The zero-order valence-electron chi connectivity index (χ0n) is 12.7. The first-order valence-electron chi connectivity index (χ1n) is 6.89. The molecule has 1 unspecified atom stereocenters. The van der Waals surface area contributed by atoms with Crippen LogP contribution in [-0.2, 0) is 0 Å². The molecule has 0 aliphatic carbocycles. The Morgan fingerprint density at radius 3 is 2.35 bits per heavy atom. The first-order chi connectivity index (χ1) is 9.49. The summed E-state index contributed by atoms with van der Waals surface area (Å²) in [6.45, 7) is 8.48. The topological polar surface area (TPSA) is 49.8 Å². The van der Waals surface area contributed by atoms with E-state index < -0.39 is 0 Å². The van der Waals surface area contributed by atoms with Crippen LogP contribution in [0.25, 0.3) is 0 Å². The quantitative estimate of drug-likeness (QED) is 0.867. The molecular formula is C15H22N4S. The van der Waals surface area contributed by atoms with E-state index in [2.05, 4.69) is 60.4 Å². The fourth-order valence-electron chi connectivity index (χ4n) is 1.91. The molecule has 5 heteroatoms. The first-order valence-corrected chi connectivity index (χ1v) is 7.71. The molecule has 20 heavy (non-hydrogen) atoms. The van der Waals surface area contributed by atoms with E-state index in [9.17, 15) is 0 Å². The summed E-state index contributed by atoms with van der Waals surface area (Å²) in [7, 11) is 1.88. The lowest BCUT2D eigenvalue weighted by Gasteiger charge is -2.15. The van der Waals surface area contributed by atoms with Gasteiger partial charge in [-0.15, -0.1) is 11.3 Å². The number of nitrogens with one attached hydrogen (secondary N) is 2. The van der Waals surface area contributed by atoms with Crippen molar-refractivity contribution in [2.45, 2.75) is 39.7 Å².